The molecule has 4 heteroatoms. The average Bonchev–Trinajstić information content (AvgIpc) is 2.75. The van der Waals surface area contributed by atoms with E-state index in [-0.39, 0.29) is 0 Å². The number of thiophene rings is 1. The Hall–Kier alpha value is -0.680. The van der Waals surface area contributed by atoms with Crippen molar-refractivity contribution in [1.29, 1.82) is 0 Å². The van der Waals surface area contributed by atoms with Gasteiger partial charge in [-0.3, -0.25) is 0 Å². The predicted octanol–water partition coefficient (Wildman–Crippen LogP) is 3.74. The fraction of sp³-hybridized carbons (Fsp3) is 0.231. The molecule has 1 N–H and O–H groups in total. The molecule has 0 bridgehead atoms. The van der Waals surface area contributed by atoms with Crippen molar-refractivity contribution in [2.45, 2.75) is 12.7 Å². The van der Waals surface area contributed by atoms with Gasteiger partial charge in [0.2, 0.25) is 0 Å². The largest absolute Gasteiger partial charge is 0.384 e. The van der Waals surface area contributed by atoms with Gasteiger partial charge in [-0.25, -0.2) is 0 Å². The van der Waals surface area contributed by atoms with E-state index in [0.29, 0.717) is 6.61 Å². The summed E-state index contributed by atoms with van der Waals surface area (Å²) in [6, 6.07) is 7.82. The molecular formula is C13H13BrO2S. The van der Waals surface area contributed by atoms with Gasteiger partial charge in [0.15, 0.2) is 0 Å². The smallest absolute Gasteiger partial charge is 0.106 e. The molecule has 2 aromatic rings. The summed E-state index contributed by atoms with van der Waals surface area (Å²) in [7, 11) is 1.67. The highest BCUT2D eigenvalue weighted by molar-refractivity contribution is 9.10. The van der Waals surface area contributed by atoms with Gasteiger partial charge >= 0.3 is 0 Å². The number of hydrogen-bond donors (Lipinski definition) is 1. The Labute approximate surface area is 113 Å². The maximum atomic E-state index is 10.3. The normalized spacial score (nSPS) is 12.6. The Morgan fingerprint density at radius 1 is 1.41 bits per heavy atom. The molecule has 2 rings (SSSR count). The number of aliphatic hydroxyl groups is 1. The van der Waals surface area contributed by atoms with E-state index in [1.165, 1.54) is 0 Å². The maximum Gasteiger partial charge on any atom is 0.106 e. The number of halogens is 1. The van der Waals surface area contributed by atoms with Crippen molar-refractivity contribution in [3.05, 3.63) is 56.2 Å². The van der Waals surface area contributed by atoms with E-state index in [1.54, 1.807) is 18.4 Å². The predicted molar refractivity (Wildman–Crippen MR) is 73.2 cm³/mol. The third kappa shape index (κ3) is 2.96. The summed E-state index contributed by atoms with van der Waals surface area (Å²) < 4.78 is 6.04. The van der Waals surface area contributed by atoms with Crippen LogP contribution in [0.4, 0.5) is 0 Å². The van der Waals surface area contributed by atoms with Crippen LogP contribution in [0.3, 0.4) is 0 Å². The molecule has 1 aromatic carbocycles. The molecule has 0 aliphatic heterocycles. The van der Waals surface area contributed by atoms with Crippen LogP contribution < -0.4 is 0 Å². The molecule has 0 saturated carbocycles. The van der Waals surface area contributed by atoms with E-state index in [4.69, 9.17) is 4.74 Å². The number of ether oxygens (including phenoxy) is 1. The van der Waals surface area contributed by atoms with Gasteiger partial charge in [-0.1, -0.05) is 24.3 Å². The Morgan fingerprint density at radius 3 is 2.88 bits per heavy atom. The van der Waals surface area contributed by atoms with Crippen LogP contribution in [-0.4, -0.2) is 12.2 Å². The van der Waals surface area contributed by atoms with E-state index in [1.807, 2.05) is 35.0 Å². The van der Waals surface area contributed by atoms with Crippen molar-refractivity contribution in [3.8, 4) is 0 Å². The summed E-state index contributed by atoms with van der Waals surface area (Å²) in [6.07, 6.45) is -0.590. The number of aliphatic hydroxyl groups excluding tert-OH is 1. The minimum absolute atomic E-state index is 0.561. The molecule has 0 aliphatic rings. The summed E-state index contributed by atoms with van der Waals surface area (Å²) in [5, 5.41) is 14.2. The molecular weight excluding hydrogens is 300 g/mol. The molecule has 2 nitrogen and oxygen atoms in total. The maximum absolute atomic E-state index is 10.3. The molecule has 1 heterocycles. The van der Waals surface area contributed by atoms with Gasteiger partial charge in [0.05, 0.1) is 6.61 Å². The van der Waals surface area contributed by atoms with Gasteiger partial charge in [0.1, 0.15) is 6.10 Å². The number of benzene rings is 1. The van der Waals surface area contributed by atoms with Crippen molar-refractivity contribution >= 4 is 27.3 Å². The fourth-order valence-electron chi connectivity index (χ4n) is 1.69. The lowest BCUT2D eigenvalue weighted by molar-refractivity contribution is 0.184. The topological polar surface area (TPSA) is 29.5 Å². The second-order valence-electron chi connectivity index (χ2n) is 3.76. The molecule has 0 saturated heterocycles. The molecule has 0 amide bonds. The van der Waals surface area contributed by atoms with Crippen molar-refractivity contribution in [2.24, 2.45) is 0 Å². The zero-order chi connectivity index (χ0) is 12.3. The Bertz CT molecular complexity index is 496. The zero-order valence-electron chi connectivity index (χ0n) is 9.39. The fourth-order valence-corrected chi connectivity index (χ4v) is 3.22. The van der Waals surface area contributed by atoms with Gasteiger partial charge in [-0.2, -0.15) is 11.3 Å². The second kappa shape index (κ2) is 5.78. The van der Waals surface area contributed by atoms with Gasteiger partial charge < -0.3 is 9.84 Å². The van der Waals surface area contributed by atoms with E-state index < -0.39 is 6.10 Å². The molecule has 1 unspecified atom stereocenters. The summed E-state index contributed by atoms with van der Waals surface area (Å²) in [5.74, 6) is 0. The molecule has 90 valence electrons. The Kier molecular flexibility index (Phi) is 4.34. The molecule has 1 atom stereocenters. The monoisotopic (exact) mass is 312 g/mol. The third-order valence-electron chi connectivity index (χ3n) is 2.51. The average molecular weight is 313 g/mol. The summed E-state index contributed by atoms with van der Waals surface area (Å²) >= 11 is 5.01. The zero-order valence-corrected chi connectivity index (χ0v) is 11.8. The highest BCUT2D eigenvalue weighted by atomic mass is 79.9. The van der Waals surface area contributed by atoms with Crippen LogP contribution in [0, 0.1) is 0 Å². The molecule has 1 aromatic heterocycles. The molecule has 0 spiro atoms. The molecule has 0 fully saturated rings. The van der Waals surface area contributed by atoms with Gasteiger partial charge in [0.25, 0.3) is 0 Å². The minimum atomic E-state index is -0.590. The van der Waals surface area contributed by atoms with Crippen LogP contribution in [0.2, 0.25) is 0 Å². The van der Waals surface area contributed by atoms with Crippen LogP contribution in [0.25, 0.3) is 0 Å². The van der Waals surface area contributed by atoms with Crippen LogP contribution in [-0.2, 0) is 11.3 Å². The van der Waals surface area contributed by atoms with Crippen molar-refractivity contribution in [2.75, 3.05) is 7.11 Å². The molecule has 17 heavy (non-hydrogen) atoms. The lowest BCUT2D eigenvalue weighted by Gasteiger charge is -2.11. The first kappa shape index (κ1) is 12.8. The van der Waals surface area contributed by atoms with Crippen molar-refractivity contribution in [1.82, 2.24) is 0 Å². The molecule has 0 aliphatic carbocycles. The SMILES string of the molecule is COCc1cccc(C(O)c2cscc2Br)c1. The Balaban J connectivity index is 2.28. The lowest BCUT2D eigenvalue weighted by atomic mass is 10.0. The number of hydrogen-bond acceptors (Lipinski definition) is 3. The van der Waals surface area contributed by atoms with Crippen molar-refractivity contribution < 1.29 is 9.84 Å². The first-order valence-corrected chi connectivity index (χ1v) is 6.93. The summed E-state index contributed by atoms with van der Waals surface area (Å²) in [6.45, 7) is 0.561. The Morgan fingerprint density at radius 2 is 2.24 bits per heavy atom. The van der Waals surface area contributed by atoms with Gasteiger partial charge in [0, 0.05) is 22.5 Å². The minimum Gasteiger partial charge on any atom is -0.384 e. The van der Waals surface area contributed by atoms with Crippen molar-refractivity contribution in [3.63, 3.8) is 0 Å². The first-order chi connectivity index (χ1) is 8.22. The van der Waals surface area contributed by atoms with E-state index in [0.717, 1.165) is 21.2 Å². The number of methoxy groups -OCH3 is 1. The van der Waals surface area contributed by atoms with Crippen LogP contribution >= 0.6 is 27.3 Å². The summed E-state index contributed by atoms with van der Waals surface area (Å²) in [5.41, 5.74) is 2.86. The van der Waals surface area contributed by atoms with Crippen LogP contribution in [0.1, 0.15) is 22.8 Å². The highest BCUT2D eigenvalue weighted by Gasteiger charge is 2.14. The standard InChI is InChI=1S/C13H13BrO2S/c1-16-6-9-3-2-4-10(5-9)13(15)11-7-17-8-12(11)14/h2-5,7-8,13,15H,6H2,1H3. The van der Waals surface area contributed by atoms with E-state index in [9.17, 15) is 5.11 Å². The van der Waals surface area contributed by atoms with Crippen LogP contribution in [0.5, 0.6) is 0 Å². The highest BCUT2D eigenvalue weighted by Crippen LogP contribution is 2.31. The van der Waals surface area contributed by atoms with Gasteiger partial charge in [-0.15, -0.1) is 0 Å². The van der Waals surface area contributed by atoms with Gasteiger partial charge in [-0.05, 0) is 32.4 Å². The van der Waals surface area contributed by atoms with E-state index >= 15 is 0 Å². The first-order valence-electron chi connectivity index (χ1n) is 5.20. The quantitative estimate of drug-likeness (QED) is 0.932. The molecule has 0 radical (unpaired) electrons. The lowest BCUT2D eigenvalue weighted by Crippen LogP contribution is -2.00. The summed E-state index contributed by atoms with van der Waals surface area (Å²) in [4.78, 5) is 0. The third-order valence-corrected chi connectivity index (χ3v) is 4.27. The number of rotatable bonds is 4. The van der Waals surface area contributed by atoms with E-state index in [2.05, 4.69) is 15.9 Å². The van der Waals surface area contributed by atoms with Crippen LogP contribution in [0.15, 0.2) is 39.5 Å². The second-order valence-corrected chi connectivity index (χ2v) is 5.35.